The van der Waals surface area contributed by atoms with Crippen molar-refractivity contribution in [3.63, 3.8) is 0 Å². The van der Waals surface area contributed by atoms with E-state index in [0.29, 0.717) is 0 Å². The lowest BCUT2D eigenvalue weighted by Gasteiger charge is -2.32. The van der Waals surface area contributed by atoms with Gasteiger partial charge < -0.3 is 14.6 Å². The second-order valence-corrected chi connectivity index (χ2v) is 8.41. The predicted molar refractivity (Wildman–Crippen MR) is 125 cm³/mol. The van der Waals surface area contributed by atoms with E-state index < -0.39 is 6.10 Å². The summed E-state index contributed by atoms with van der Waals surface area (Å²) < 4.78 is 11.0. The maximum absolute atomic E-state index is 11.7. The molecule has 1 heterocycles. The quantitative estimate of drug-likeness (QED) is 0.661. The minimum absolute atomic E-state index is 0.0369. The van der Waals surface area contributed by atoms with Gasteiger partial charge in [0.1, 0.15) is 11.5 Å². The summed E-state index contributed by atoms with van der Waals surface area (Å²) in [5.41, 5.74) is 6.74. The molecular formula is C27H31NO3. The molecule has 4 heteroatoms. The monoisotopic (exact) mass is 417 g/mol. The Morgan fingerprint density at radius 3 is 2.35 bits per heavy atom. The lowest BCUT2D eigenvalue weighted by Crippen LogP contribution is -2.39. The van der Waals surface area contributed by atoms with E-state index in [1.165, 1.54) is 16.7 Å². The Hall–Kier alpha value is -2.82. The fourth-order valence-corrected chi connectivity index (χ4v) is 4.56. The maximum atomic E-state index is 11.7. The molecule has 0 bridgehead atoms. The van der Waals surface area contributed by atoms with Crippen molar-refractivity contribution in [1.29, 1.82) is 0 Å². The molecule has 0 fully saturated rings. The van der Waals surface area contributed by atoms with Crippen molar-refractivity contribution in [2.75, 3.05) is 27.8 Å². The van der Waals surface area contributed by atoms with Gasteiger partial charge in [-0.1, -0.05) is 42.0 Å². The number of rotatable bonds is 4. The first kappa shape index (κ1) is 21.4. The second-order valence-electron chi connectivity index (χ2n) is 8.41. The Bertz CT molecular complexity index is 1060. The second kappa shape index (κ2) is 9.13. The molecule has 0 aromatic heterocycles. The fourth-order valence-electron chi connectivity index (χ4n) is 4.56. The van der Waals surface area contributed by atoms with Gasteiger partial charge in [0, 0.05) is 12.6 Å². The number of benzene rings is 3. The minimum atomic E-state index is -0.636. The Balaban J connectivity index is 1.84. The predicted octanol–water partition coefficient (Wildman–Crippen LogP) is 4.81. The summed E-state index contributed by atoms with van der Waals surface area (Å²) >= 11 is 0. The third kappa shape index (κ3) is 4.46. The van der Waals surface area contributed by atoms with Crippen LogP contribution in [0.1, 0.15) is 28.4 Å². The van der Waals surface area contributed by atoms with E-state index in [1.54, 1.807) is 14.2 Å². The molecule has 0 amide bonds. The molecule has 0 saturated heterocycles. The van der Waals surface area contributed by atoms with E-state index in [2.05, 4.69) is 55.3 Å². The molecule has 3 aromatic carbocycles. The average Bonchev–Trinajstić information content (AvgIpc) is 2.83. The van der Waals surface area contributed by atoms with Gasteiger partial charge in [-0.3, -0.25) is 4.90 Å². The van der Waals surface area contributed by atoms with Gasteiger partial charge in [-0.05, 0) is 78.9 Å². The molecule has 3 aromatic rings. The number of likely N-dealkylation sites (N-methyl/N-ethyl adjacent to an activating group) is 1. The Morgan fingerprint density at radius 1 is 0.935 bits per heavy atom. The van der Waals surface area contributed by atoms with Crippen molar-refractivity contribution in [1.82, 2.24) is 4.90 Å². The highest BCUT2D eigenvalue weighted by molar-refractivity contribution is 5.74. The number of hydrogen-bond acceptors (Lipinski definition) is 4. The lowest BCUT2D eigenvalue weighted by molar-refractivity contribution is 0.0638. The van der Waals surface area contributed by atoms with Crippen molar-refractivity contribution < 1.29 is 14.6 Å². The first-order chi connectivity index (χ1) is 15.0. The lowest BCUT2D eigenvalue weighted by atomic mass is 9.88. The number of hydrogen-bond donors (Lipinski definition) is 1. The number of aliphatic hydroxyl groups is 1. The van der Waals surface area contributed by atoms with E-state index in [0.717, 1.165) is 47.6 Å². The van der Waals surface area contributed by atoms with Crippen molar-refractivity contribution in [2.24, 2.45) is 0 Å². The van der Waals surface area contributed by atoms with Crippen molar-refractivity contribution >= 4 is 0 Å². The van der Waals surface area contributed by atoms with Crippen molar-refractivity contribution in [2.45, 2.75) is 31.9 Å². The largest absolute Gasteiger partial charge is 0.497 e. The van der Waals surface area contributed by atoms with Crippen LogP contribution in [-0.4, -0.2) is 43.9 Å². The topological polar surface area (TPSA) is 41.9 Å². The van der Waals surface area contributed by atoms with Crippen LogP contribution in [0.15, 0.2) is 60.7 Å². The van der Waals surface area contributed by atoms with Crippen LogP contribution in [0.3, 0.4) is 0 Å². The van der Waals surface area contributed by atoms with Crippen LogP contribution in [0.2, 0.25) is 0 Å². The molecule has 0 aliphatic carbocycles. The van der Waals surface area contributed by atoms with E-state index in [-0.39, 0.29) is 6.04 Å². The third-order valence-electron chi connectivity index (χ3n) is 6.38. The zero-order chi connectivity index (χ0) is 22.0. The maximum Gasteiger partial charge on any atom is 0.119 e. The zero-order valence-electron chi connectivity index (χ0n) is 18.8. The summed E-state index contributed by atoms with van der Waals surface area (Å²) in [6.45, 7) is 2.97. The molecule has 0 saturated carbocycles. The highest BCUT2D eigenvalue weighted by atomic mass is 16.5. The van der Waals surface area contributed by atoms with Crippen LogP contribution in [0.5, 0.6) is 11.5 Å². The first-order valence-corrected chi connectivity index (χ1v) is 10.8. The number of aliphatic hydroxyl groups excluding tert-OH is 1. The molecule has 4 nitrogen and oxygen atoms in total. The van der Waals surface area contributed by atoms with Gasteiger partial charge in [-0.15, -0.1) is 0 Å². The molecule has 4 rings (SSSR count). The standard InChI is InChI=1S/C27H31NO3/c1-18-6-5-7-19(14-18)15-26-27(29)23-11-10-22(31-4)17-25(23)24-16-21(30-3)9-8-20(24)12-13-28(26)2/h5-11,14,16-17,26-27,29H,12-13,15H2,1-4H3. The van der Waals surface area contributed by atoms with Gasteiger partial charge in [-0.2, -0.15) is 0 Å². The SMILES string of the molecule is COc1ccc2c(c1)-c1cc(OC)ccc1C(O)C(Cc1cccc(C)c1)N(C)CC2. The third-order valence-corrected chi connectivity index (χ3v) is 6.38. The van der Waals surface area contributed by atoms with Gasteiger partial charge in [0.25, 0.3) is 0 Å². The zero-order valence-corrected chi connectivity index (χ0v) is 18.8. The molecule has 2 unspecified atom stereocenters. The van der Waals surface area contributed by atoms with Crippen LogP contribution >= 0.6 is 0 Å². The van der Waals surface area contributed by atoms with Gasteiger partial charge in [-0.25, -0.2) is 0 Å². The molecule has 1 aliphatic heterocycles. The number of aryl methyl sites for hydroxylation is 1. The van der Waals surface area contributed by atoms with E-state index in [9.17, 15) is 5.11 Å². The van der Waals surface area contributed by atoms with E-state index in [4.69, 9.17) is 9.47 Å². The molecule has 0 spiro atoms. The molecule has 1 N–H and O–H groups in total. The highest BCUT2D eigenvalue weighted by Crippen LogP contribution is 2.39. The summed E-state index contributed by atoms with van der Waals surface area (Å²) in [5, 5.41) is 11.7. The highest BCUT2D eigenvalue weighted by Gasteiger charge is 2.30. The van der Waals surface area contributed by atoms with Gasteiger partial charge in [0.2, 0.25) is 0 Å². The van der Waals surface area contributed by atoms with Gasteiger partial charge >= 0.3 is 0 Å². The van der Waals surface area contributed by atoms with Crippen LogP contribution in [-0.2, 0) is 12.8 Å². The molecule has 162 valence electrons. The Morgan fingerprint density at radius 2 is 1.65 bits per heavy atom. The van der Waals surface area contributed by atoms with Crippen LogP contribution in [0.4, 0.5) is 0 Å². The molecule has 31 heavy (non-hydrogen) atoms. The van der Waals surface area contributed by atoms with E-state index >= 15 is 0 Å². The Labute approximate surface area is 185 Å². The average molecular weight is 418 g/mol. The first-order valence-electron chi connectivity index (χ1n) is 10.8. The van der Waals surface area contributed by atoms with Gasteiger partial charge in [0.15, 0.2) is 0 Å². The van der Waals surface area contributed by atoms with E-state index in [1.807, 2.05) is 24.3 Å². The summed E-state index contributed by atoms with van der Waals surface area (Å²) in [6.07, 6.45) is 1.04. The molecule has 0 radical (unpaired) electrons. The van der Waals surface area contributed by atoms with Crippen LogP contribution in [0, 0.1) is 6.92 Å². The summed E-state index contributed by atoms with van der Waals surface area (Å²) in [5.74, 6) is 1.59. The number of nitrogens with zero attached hydrogens (tertiary/aromatic N) is 1. The van der Waals surface area contributed by atoms with Crippen molar-refractivity contribution in [3.05, 3.63) is 82.9 Å². The number of ether oxygens (including phenoxy) is 2. The number of fused-ring (bicyclic) bond motifs is 3. The summed E-state index contributed by atoms with van der Waals surface area (Å²) in [4.78, 5) is 2.29. The molecule has 1 aliphatic rings. The van der Waals surface area contributed by atoms with Gasteiger partial charge in [0.05, 0.1) is 20.3 Å². The summed E-state index contributed by atoms with van der Waals surface area (Å²) in [6, 6.07) is 20.7. The van der Waals surface area contributed by atoms with Crippen LogP contribution in [0.25, 0.3) is 11.1 Å². The summed E-state index contributed by atoms with van der Waals surface area (Å²) in [7, 11) is 5.47. The molecule has 2 atom stereocenters. The van der Waals surface area contributed by atoms with Crippen molar-refractivity contribution in [3.8, 4) is 22.6 Å². The Kier molecular flexibility index (Phi) is 6.30. The minimum Gasteiger partial charge on any atom is -0.497 e. The fraction of sp³-hybridized carbons (Fsp3) is 0.333. The smallest absolute Gasteiger partial charge is 0.119 e. The normalized spacial score (nSPS) is 18.9. The molecular weight excluding hydrogens is 386 g/mol. The number of methoxy groups -OCH3 is 2. The van der Waals surface area contributed by atoms with Crippen LogP contribution < -0.4 is 9.47 Å².